The smallest absolute Gasteiger partial charge is 0.158 e. The van der Waals surface area contributed by atoms with E-state index < -0.39 is 0 Å². The van der Waals surface area contributed by atoms with Gasteiger partial charge >= 0.3 is 0 Å². The molecule has 4 aromatic rings. The average molecular weight is 379 g/mol. The minimum absolute atomic E-state index is 0.715. The highest BCUT2D eigenvalue weighted by molar-refractivity contribution is 5.64. The highest BCUT2D eigenvalue weighted by atomic mass is 16.5. The van der Waals surface area contributed by atoms with Crippen LogP contribution in [-0.4, -0.2) is 36.1 Å². The Balaban J connectivity index is 1.68. The molecule has 0 fully saturated rings. The number of aryl methyl sites for hydroxylation is 4. The van der Waals surface area contributed by atoms with Gasteiger partial charge in [-0.15, -0.1) is 0 Å². The van der Waals surface area contributed by atoms with E-state index in [-0.39, 0.29) is 0 Å². The fourth-order valence-corrected chi connectivity index (χ4v) is 3.55. The summed E-state index contributed by atoms with van der Waals surface area (Å²) in [5.41, 5.74) is 6.62. The molecule has 0 saturated carbocycles. The minimum Gasteiger partial charge on any atom is -0.368 e. The van der Waals surface area contributed by atoms with Crippen LogP contribution in [0.5, 0.6) is 0 Å². The van der Waals surface area contributed by atoms with Crippen LogP contribution in [0.1, 0.15) is 35.3 Å². The van der Waals surface area contributed by atoms with Crippen molar-refractivity contribution in [3.8, 4) is 11.4 Å². The molecule has 4 heterocycles. The fourth-order valence-electron chi connectivity index (χ4n) is 3.55. The molecule has 0 aromatic carbocycles. The number of anilines is 1. The van der Waals surface area contributed by atoms with Crippen molar-refractivity contribution in [1.29, 1.82) is 0 Å². The molecule has 0 unspecified atom stereocenters. The molecule has 8 nitrogen and oxygen atoms in total. The van der Waals surface area contributed by atoms with Crippen LogP contribution in [-0.2, 0) is 13.0 Å². The highest BCUT2D eigenvalue weighted by Gasteiger charge is 2.16. The Morgan fingerprint density at radius 1 is 1.04 bits per heavy atom. The summed E-state index contributed by atoms with van der Waals surface area (Å²) in [7, 11) is 0. The molecular weight excluding hydrogens is 354 g/mol. The summed E-state index contributed by atoms with van der Waals surface area (Å²) in [6.07, 6.45) is 0.870. The van der Waals surface area contributed by atoms with Crippen LogP contribution < -0.4 is 5.32 Å². The second kappa shape index (κ2) is 7.10. The second-order valence-electron chi connectivity index (χ2n) is 7.08. The monoisotopic (exact) mass is 379 g/mol. The van der Waals surface area contributed by atoms with Crippen molar-refractivity contribution < 1.29 is 4.52 Å². The van der Waals surface area contributed by atoms with E-state index in [9.17, 15) is 0 Å². The van der Waals surface area contributed by atoms with Crippen LogP contribution in [0, 0.1) is 27.7 Å². The lowest BCUT2D eigenvalue weighted by Gasteiger charge is -2.15. The molecule has 0 saturated heterocycles. The minimum atomic E-state index is 0.715. The summed E-state index contributed by atoms with van der Waals surface area (Å²) >= 11 is 0. The second-order valence-corrected chi connectivity index (χ2v) is 7.08. The summed E-state index contributed by atoms with van der Waals surface area (Å²) in [6.45, 7) is 11.7. The fraction of sp³-hybridized carbons (Fsp3) is 0.400. The molecule has 0 aliphatic heterocycles. The largest absolute Gasteiger partial charge is 0.368 e. The first-order valence-corrected chi connectivity index (χ1v) is 9.54. The number of rotatable bonds is 6. The SMILES string of the molecule is CCc1c(C)nc2cc(-c3cc(C)on3)nn2c1NCCn1nc(C)cc1C. The zero-order valence-corrected chi connectivity index (χ0v) is 16.9. The van der Waals surface area contributed by atoms with Gasteiger partial charge in [-0.3, -0.25) is 4.68 Å². The number of aromatic nitrogens is 6. The van der Waals surface area contributed by atoms with Crippen molar-refractivity contribution in [1.82, 2.24) is 29.5 Å². The molecule has 4 rings (SSSR count). The third-order valence-electron chi connectivity index (χ3n) is 4.87. The average Bonchev–Trinajstić information content (AvgIpc) is 3.33. The Labute approximate surface area is 163 Å². The van der Waals surface area contributed by atoms with Crippen LogP contribution in [0.3, 0.4) is 0 Å². The van der Waals surface area contributed by atoms with E-state index in [0.29, 0.717) is 5.69 Å². The molecule has 0 amide bonds. The normalized spacial score (nSPS) is 11.5. The van der Waals surface area contributed by atoms with Crippen LogP contribution >= 0.6 is 0 Å². The standard InChI is InChI=1S/C20H25N7O/c1-6-16-15(5)22-19-11-17(18-10-14(4)28-25-18)24-27(19)20(16)21-7-8-26-13(3)9-12(2)23-26/h9-11,21H,6-8H2,1-5H3. The van der Waals surface area contributed by atoms with Gasteiger partial charge in [0, 0.05) is 35.6 Å². The summed E-state index contributed by atoms with van der Waals surface area (Å²) in [5.74, 6) is 1.73. The van der Waals surface area contributed by atoms with Crippen LogP contribution in [0.25, 0.3) is 17.0 Å². The lowest BCUT2D eigenvalue weighted by molar-refractivity contribution is 0.399. The molecule has 28 heavy (non-hydrogen) atoms. The van der Waals surface area contributed by atoms with Crippen LogP contribution in [0.15, 0.2) is 22.7 Å². The number of nitrogens with zero attached hydrogens (tertiary/aromatic N) is 6. The molecular formula is C20H25N7O. The Bertz CT molecular complexity index is 1140. The van der Waals surface area contributed by atoms with Gasteiger partial charge in [-0.2, -0.15) is 14.7 Å². The molecule has 0 spiro atoms. The maximum atomic E-state index is 5.20. The molecule has 8 heteroatoms. The van der Waals surface area contributed by atoms with Gasteiger partial charge in [0.05, 0.1) is 12.2 Å². The van der Waals surface area contributed by atoms with Gasteiger partial charge in [0.15, 0.2) is 5.65 Å². The Kier molecular flexibility index (Phi) is 4.62. The summed E-state index contributed by atoms with van der Waals surface area (Å²) in [5, 5.41) is 16.9. The first-order chi connectivity index (χ1) is 13.5. The summed E-state index contributed by atoms with van der Waals surface area (Å²) in [4.78, 5) is 4.73. The summed E-state index contributed by atoms with van der Waals surface area (Å²) < 4.78 is 9.08. The summed E-state index contributed by atoms with van der Waals surface area (Å²) in [6, 6.07) is 5.91. The van der Waals surface area contributed by atoms with E-state index in [1.807, 2.05) is 42.1 Å². The number of fused-ring (bicyclic) bond motifs is 1. The number of hydrogen-bond donors (Lipinski definition) is 1. The third-order valence-corrected chi connectivity index (χ3v) is 4.87. The van der Waals surface area contributed by atoms with Crippen molar-refractivity contribution in [3.63, 3.8) is 0 Å². The molecule has 0 aliphatic carbocycles. The van der Waals surface area contributed by atoms with Gasteiger partial charge in [0.2, 0.25) is 0 Å². The predicted octanol–water partition coefficient (Wildman–Crippen LogP) is 3.49. The number of nitrogens with one attached hydrogen (secondary N) is 1. The maximum Gasteiger partial charge on any atom is 0.158 e. The lowest BCUT2D eigenvalue weighted by Crippen LogP contribution is -2.17. The van der Waals surface area contributed by atoms with Gasteiger partial charge in [0.25, 0.3) is 0 Å². The van der Waals surface area contributed by atoms with Gasteiger partial charge in [-0.05, 0) is 40.2 Å². The molecule has 0 aliphatic rings. The van der Waals surface area contributed by atoms with E-state index in [1.54, 1.807) is 0 Å². The van der Waals surface area contributed by atoms with Gasteiger partial charge in [-0.1, -0.05) is 12.1 Å². The molecule has 0 radical (unpaired) electrons. The van der Waals surface area contributed by atoms with Gasteiger partial charge < -0.3 is 9.84 Å². The Morgan fingerprint density at radius 2 is 1.86 bits per heavy atom. The van der Waals surface area contributed by atoms with Gasteiger partial charge in [-0.25, -0.2) is 4.98 Å². The van der Waals surface area contributed by atoms with Crippen molar-refractivity contribution in [2.75, 3.05) is 11.9 Å². The zero-order chi connectivity index (χ0) is 19.8. The molecule has 146 valence electrons. The molecule has 4 aromatic heterocycles. The topological polar surface area (TPSA) is 86.1 Å². The first-order valence-electron chi connectivity index (χ1n) is 9.54. The van der Waals surface area contributed by atoms with E-state index >= 15 is 0 Å². The highest BCUT2D eigenvalue weighted by Crippen LogP contribution is 2.25. The predicted molar refractivity (Wildman–Crippen MR) is 108 cm³/mol. The molecule has 0 atom stereocenters. The lowest BCUT2D eigenvalue weighted by atomic mass is 10.1. The Hall–Kier alpha value is -3.16. The zero-order valence-electron chi connectivity index (χ0n) is 16.9. The third kappa shape index (κ3) is 3.26. The van der Waals surface area contributed by atoms with E-state index in [0.717, 1.165) is 65.1 Å². The van der Waals surface area contributed by atoms with E-state index in [2.05, 4.69) is 35.5 Å². The first kappa shape index (κ1) is 18.2. The van der Waals surface area contributed by atoms with Crippen molar-refractivity contribution >= 4 is 11.5 Å². The van der Waals surface area contributed by atoms with E-state index in [4.69, 9.17) is 14.6 Å². The Morgan fingerprint density at radius 3 is 2.50 bits per heavy atom. The molecule has 1 N–H and O–H groups in total. The van der Waals surface area contributed by atoms with Crippen molar-refractivity contribution in [2.24, 2.45) is 0 Å². The van der Waals surface area contributed by atoms with Crippen molar-refractivity contribution in [3.05, 3.63) is 46.6 Å². The molecule has 0 bridgehead atoms. The van der Waals surface area contributed by atoms with E-state index in [1.165, 1.54) is 0 Å². The van der Waals surface area contributed by atoms with Crippen molar-refractivity contribution in [2.45, 2.75) is 47.6 Å². The van der Waals surface area contributed by atoms with Crippen LogP contribution in [0.2, 0.25) is 0 Å². The van der Waals surface area contributed by atoms with Crippen LogP contribution in [0.4, 0.5) is 5.82 Å². The van der Waals surface area contributed by atoms with Gasteiger partial charge in [0.1, 0.15) is 23.0 Å². The maximum absolute atomic E-state index is 5.20. The number of hydrogen-bond acceptors (Lipinski definition) is 6. The quantitative estimate of drug-likeness (QED) is 0.552.